The number of likely N-dealkylation sites (tertiary alicyclic amines) is 1. The minimum absolute atomic E-state index is 0.0188. The van der Waals surface area contributed by atoms with Gasteiger partial charge in [0.1, 0.15) is 12.4 Å². The molecule has 1 aromatic heterocycles. The molecular formula is C30H33N3O3. The minimum atomic E-state index is -0.250. The number of ether oxygens (including phenoxy) is 1. The number of pyridine rings is 1. The summed E-state index contributed by atoms with van der Waals surface area (Å²) in [5, 5.41) is 2.92. The first kappa shape index (κ1) is 25.2. The molecule has 36 heavy (non-hydrogen) atoms. The molecule has 1 N–H and O–H groups in total. The number of aromatic nitrogens is 1. The number of benzene rings is 2. The van der Waals surface area contributed by atoms with Crippen LogP contribution in [0.4, 0.5) is 5.69 Å². The summed E-state index contributed by atoms with van der Waals surface area (Å²) >= 11 is 0. The van der Waals surface area contributed by atoms with Crippen LogP contribution in [0.1, 0.15) is 47.3 Å². The quantitative estimate of drug-likeness (QED) is 0.435. The first-order valence-electron chi connectivity index (χ1n) is 12.4. The molecule has 0 radical (unpaired) electrons. The zero-order valence-corrected chi connectivity index (χ0v) is 21.1. The Hall–Kier alpha value is -3.93. The highest BCUT2D eigenvalue weighted by Crippen LogP contribution is 2.24. The van der Waals surface area contributed by atoms with Crippen molar-refractivity contribution in [2.24, 2.45) is 11.8 Å². The lowest BCUT2D eigenvalue weighted by atomic mass is 9.91. The van der Waals surface area contributed by atoms with Crippen molar-refractivity contribution >= 4 is 23.6 Å². The zero-order valence-electron chi connectivity index (χ0n) is 21.1. The molecule has 186 valence electrons. The molecule has 1 aliphatic rings. The molecule has 6 heteroatoms. The van der Waals surface area contributed by atoms with Gasteiger partial charge < -0.3 is 15.0 Å². The number of carbonyl (C=O) groups excluding carboxylic acids is 2. The van der Waals surface area contributed by atoms with Gasteiger partial charge in [-0.2, -0.15) is 0 Å². The summed E-state index contributed by atoms with van der Waals surface area (Å²) in [4.78, 5) is 31.7. The van der Waals surface area contributed by atoms with Crippen molar-refractivity contribution in [2.75, 3.05) is 18.4 Å². The smallest absolute Gasteiger partial charge is 0.253 e. The van der Waals surface area contributed by atoms with Crippen molar-refractivity contribution in [3.8, 4) is 5.75 Å². The number of hydrogen-bond donors (Lipinski definition) is 1. The van der Waals surface area contributed by atoms with Crippen LogP contribution in [0.2, 0.25) is 0 Å². The number of aryl methyl sites for hydroxylation is 1. The molecular weight excluding hydrogens is 450 g/mol. The van der Waals surface area contributed by atoms with Crippen LogP contribution in [0, 0.1) is 18.8 Å². The number of amides is 2. The molecule has 1 aliphatic heterocycles. The van der Waals surface area contributed by atoms with Gasteiger partial charge in [0.25, 0.3) is 5.91 Å². The summed E-state index contributed by atoms with van der Waals surface area (Å²) < 4.78 is 5.78. The first-order valence-corrected chi connectivity index (χ1v) is 12.4. The topological polar surface area (TPSA) is 71.5 Å². The molecule has 0 aliphatic carbocycles. The van der Waals surface area contributed by atoms with Crippen LogP contribution < -0.4 is 10.1 Å². The Bertz CT molecular complexity index is 1210. The van der Waals surface area contributed by atoms with Crippen molar-refractivity contribution in [1.29, 1.82) is 0 Å². The highest BCUT2D eigenvalue weighted by atomic mass is 16.5. The highest BCUT2D eigenvalue weighted by molar-refractivity contribution is 6.03. The van der Waals surface area contributed by atoms with Crippen molar-refractivity contribution in [2.45, 2.75) is 33.8 Å². The van der Waals surface area contributed by atoms with Gasteiger partial charge in [-0.05, 0) is 72.7 Å². The van der Waals surface area contributed by atoms with Gasteiger partial charge in [-0.25, -0.2) is 0 Å². The standard InChI is InChI=1S/C30H33N3O3/c1-21-15-22(2)19-33(18-21)30(35)26-10-6-23(3)28(16-26)32-29(34)13-9-24-7-11-27(12-8-24)36-20-25-5-4-14-31-17-25/h4-14,16-17,21-22H,15,18-20H2,1-3H3,(H,32,34)/b13-9+. The summed E-state index contributed by atoms with van der Waals surface area (Å²) in [5.41, 5.74) is 4.03. The number of nitrogens with one attached hydrogen (secondary N) is 1. The number of rotatable bonds is 7. The van der Waals surface area contributed by atoms with Gasteiger partial charge in [-0.3, -0.25) is 14.6 Å². The van der Waals surface area contributed by atoms with Crippen LogP contribution in [0.3, 0.4) is 0 Å². The second-order valence-electron chi connectivity index (χ2n) is 9.73. The second kappa shape index (κ2) is 11.7. The summed E-state index contributed by atoms with van der Waals surface area (Å²) in [6, 6.07) is 16.9. The Morgan fingerprint density at radius 3 is 2.53 bits per heavy atom. The third-order valence-corrected chi connectivity index (χ3v) is 6.33. The minimum Gasteiger partial charge on any atom is -0.489 e. The van der Waals surface area contributed by atoms with E-state index in [9.17, 15) is 9.59 Å². The number of piperidine rings is 1. The molecule has 4 rings (SSSR count). The lowest BCUT2D eigenvalue weighted by Crippen LogP contribution is -2.42. The monoisotopic (exact) mass is 483 g/mol. The van der Waals surface area contributed by atoms with Gasteiger partial charge in [0.2, 0.25) is 5.91 Å². The second-order valence-corrected chi connectivity index (χ2v) is 9.73. The fourth-order valence-electron chi connectivity index (χ4n) is 4.57. The van der Waals surface area contributed by atoms with Gasteiger partial charge in [0.05, 0.1) is 0 Å². The van der Waals surface area contributed by atoms with Crippen molar-refractivity contribution in [1.82, 2.24) is 9.88 Å². The van der Waals surface area contributed by atoms with Crippen LogP contribution in [0.5, 0.6) is 5.75 Å². The summed E-state index contributed by atoms with van der Waals surface area (Å²) in [5.74, 6) is 1.50. The Morgan fingerprint density at radius 2 is 1.83 bits per heavy atom. The van der Waals surface area contributed by atoms with Crippen LogP contribution >= 0.6 is 0 Å². The van der Waals surface area contributed by atoms with E-state index in [0.29, 0.717) is 29.7 Å². The third-order valence-electron chi connectivity index (χ3n) is 6.33. The molecule has 1 saturated heterocycles. The highest BCUT2D eigenvalue weighted by Gasteiger charge is 2.26. The van der Waals surface area contributed by atoms with E-state index in [1.807, 2.05) is 60.4 Å². The maximum atomic E-state index is 13.1. The van der Waals surface area contributed by atoms with E-state index in [2.05, 4.69) is 24.1 Å². The first-order chi connectivity index (χ1) is 17.4. The third kappa shape index (κ3) is 6.81. The number of hydrogen-bond acceptors (Lipinski definition) is 4. The molecule has 6 nitrogen and oxygen atoms in total. The average Bonchev–Trinajstić information content (AvgIpc) is 2.88. The molecule has 2 unspecified atom stereocenters. The SMILES string of the molecule is Cc1ccc(C(=O)N2CC(C)CC(C)C2)cc1NC(=O)/C=C/c1ccc(OCc2cccnc2)cc1. The maximum Gasteiger partial charge on any atom is 0.253 e. The molecule has 0 bridgehead atoms. The lowest BCUT2D eigenvalue weighted by molar-refractivity contribution is -0.111. The van der Waals surface area contributed by atoms with Gasteiger partial charge >= 0.3 is 0 Å². The molecule has 3 aromatic rings. The van der Waals surface area contributed by atoms with Gasteiger partial charge in [0, 0.05) is 48.4 Å². The van der Waals surface area contributed by atoms with Gasteiger partial charge in [-0.1, -0.05) is 38.1 Å². The lowest BCUT2D eigenvalue weighted by Gasteiger charge is -2.35. The largest absolute Gasteiger partial charge is 0.489 e. The van der Waals surface area contributed by atoms with Crippen LogP contribution in [-0.2, 0) is 11.4 Å². The Kier molecular flexibility index (Phi) is 8.16. The van der Waals surface area contributed by atoms with E-state index < -0.39 is 0 Å². The Labute approximate surface area is 213 Å². The van der Waals surface area contributed by atoms with Gasteiger partial charge in [-0.15, -0.1) is 0 Å². The van der Waals surface area contributed by atoms with Crippen LogP contribution in [-0.4, -0.2) is 34.8 Å². The number of carbonyl (C=O) groups is 2. The van der Waals surface area contributed by atoms with E-state index in [1.165, 1.54) is 6.08 Å². The summed E-state index contributed by atoms with van der Waals surface area (Å²) in [7, 11) is 0. The summed E-state index contributed by atoms with van der Waals surface area (Å²) in [6.07, 6.45) is 7.90. The molecule has 0 spiro atoms. The summed E-state index contributed by atoms with van der Waals surface area (Å²) in [6.45, 7) is 8.28. The predicted octanol–water partition coefficient (Wildman–Crippen LogP) is 5.74. The predicted molar refractivity (Wildman–Crippen MR) is 143 cm³/mol. The normalized spacial score (nSPS) is 17.7. The number of anilines is 1. The molecule has 2 amide bonds. The van der Waals surface area contributed by atoms with E-state index in [4.69, 9.17) is 4.74 Å². The molecule has 2 aromatic carbocycles. The van der Waals surface area contributed by atoms with Crippen molar-refractivity contribution < 1.29 is 14.3 Å². The molecule has 2 atom stereocenters. The number of nitrogens with zero attached hydrogens (tertiary/aromatic N) is 2. The fourth-order valence-corrected chi connectivity index (χ4v) is 4.57. The van der Waals surface area contributed by atoms with E-state index >= 15 is 0 Å². The van der Waals surface area contributed by atoms with E-state index in [0.717, 1.165) is 42.0 Å². The van der Waals surface area contributed by atoms with Crippen LogP contribution in [0.15, 0.2) is 73.1 Å². The van der Waals surface area contributed by atoms with Crippen LogP contribution in [0.25, 0.3) is 6.08 Å². The van der Waals surface area contributed by atoms with E-state index in [1.54, 1.807) is 24.5 Å². The maximum absolute atomic E-state index is 13.1. The molecule has 0 saturated carbocycles. The Balaban J connectivity index is 1.35. The average molecular weight is 484 g/mol. The fraction of sp³-hybridized carbons (Fsp3) is 0.300. The van der Waals surface area contributed by atoms with Crippen molar-refractivity contribution in [3.63, 3.8) is 0 Å². The Morgan fingerprint density at radius 1 is 1.08 bits per heavy atom. The zero-order chi connectivity index (χ0) is 25.5. The van der Waals surface area contributed by atoms with Gasteiger partial charge in [0.15, 0.2) is 0 Å². The van der Waals surface area contributed by atoms with E-state index in [-0.39, 0.29) is 11.8 Å². The van der Waals surface area contributed by atoms with Crippen molar-refractivity contribution in [3.05, 3.63) is 95.3 Å². The molecule has 1 fully saturated rings. The molecule has 2 heterocycles.